The maximum absolute atomic E-state index is 12.6. The molecule has 0 aliphatic carbocycles. The fourth-order valence-corrected chi connectivity index (χ4v) is 2.54. The van der Waals surface area contributed by atoms with E-state index in [2.05, 4.69) is 10.3 Å². The van der Waals surface area contributed by atoms with Gasteiger partial charge in [0, 0.05) is 26.0 Å². The minimum Gasteiger partial charge on any atom is -0.361 e. The fraction of sp³-hybridized carbons (Fsp3) is 0.235. The Labute approximate surface area is 134 Å². The van der Waals surface area contributed by atoms with Gasteiger partial charge >= 0.3 is 0 Å². The summed E-state index contributed by atoms with van der Waals surface area (Å²) < 4.78 is 6.87. The molecule has 0 radical (unpaired) electrons. The lowest BCUT2D eigenvalue weighted by molar-refractivity contribution is 0.0782. The van der Waals surface area contributed by atoms with Gasteiger partial charge in [0.15, 0.2) is 0 Å². The van der Waals surface area contributed by atoms with Gasteiger partial charge in [-0.25, -0.2) is 4.68 Å². The van der Waals surface area contributed by atoms with Crippen LogP contribution in [0.25, 0.3) is 5.69 Å². The van der Waals surface area contributed by atoms with Crippen molar-refractivity contribution < 1.29 is 9.32 Å². The molecule has 0 saturated carbocycles. The quantitative estimate of drug-likeness (QED) is 0.743. The third-order valence-corrected chi connectivity index (χ3v) is 3.69. The minimum atomic E-state index is -0.0919. The summed E-state index contributed by atoms with van der Waals surface area (Å²) in [6, 6.07) is 9.82. The topological polar surface area (TPSA) is 64.2 Å². The van der Waals surface area contributed by atoms with Gasteiger partial charge in [-0.1, -0.05) is 17.3 Å². The van der Waals surface area contributed by atoms with Crippen LogP contribution in [0.15, 0.2) is 47.2 Å². The summed E-state index contributed by atoms with van der Waals surface area (Å²) in [6.07, 6.45) is 3.62. The van der Waals surface area contributed by atoms with Crippen LogP contribution in [0.2, 0.25) is 0 Å². The summed E-state index contributed by atoms with van der Waals surface area (Å²) in [5.74, 6) is 0.454. The molecule has 118 valence electrons. The molecule has 0 aliphatic heterocycles. The van der Waals surface area contributed by atoms with Crippen molar-refractivity contribution in [2.45, 2.75) is 20.4 Å². The van der Waals surface area contributed by atoms with E-state index in [0.29, 0.717) is 23.6 Å². The Morgan fingerprint density at radius 1 is 1.30 bits per heavy atom. The highest BCUT2D eigenvalue weighted by Gasteiger charge is 2.21. The molecule has 0 unspecified atom stereocenters. The lowest BCUT2D eigenvalue weighted by Gasteiger charge is -2.17. The van der Waals surface area contributed by atoms with E-state index in [0.717, 1.165) is 11.3 Å². The Bertz CT molecular complexity index is 801. The van der Waals surface area contributed by atoms with Crippen LogP contribution in [0.1, 0.15) is 27.4 Å². The van der Waals surface area contributed by atoms with E-state index in [1.165, 1.54) is 0 Å². The summed E-state index contributed by atoms with van der Waals surface area (Å²) in [7, 11) is 1.77. The maximum atomic E-state index is 12.6. The van der Waals surface area contributed by atoms with Crippen molar-refractivity contribution in [2.24, 2.45) is 0 Å². The first kappa shape index (κ1) is 15.0. The molecular formula is C17H18N4O2. The van der Waals surface area contributed by atoms with E-state index >= 15 is 0 Å². The summed E-state index contributed by atoms with van der Waals surface area (Å²) in [5.41, 5.74) is 3.15. The molecule has 6 nitrogen and oxygen atoms in total. The Morgan fingerprint density at radius 2 is 2.13 bits per heavy atom. The van der Waals surface area contributed by atoms with Gasteiger partial charge in [-0.3, -0.25) is 4.79 Å². The van der Waals surface area contributed by atoms with Gasteiger partial charge in [0.05, 0.1) is 11.4 Å². The number of hydrogen-bond acceptors (Lipinski definition) is 4. The molecule has 0 fully saturated rings. The molecular weight excluding hydrogens is 292 g/mol. The first-order chi connectivity index (χ1) is 11.1. The standard InChI is InChI=1S/C17H18N4O2/c1-12-16(13(2)23-19-12)17(22)20(3)11-14-6-4-7-15(10-14)21-9-5-8-18-21/h4-10H,11H2,1-3H3. The fourth-order valence-electron chi connectivity index (χ4n) is 2.54. The normalized spacial score (nSPS) is 10.7. The number of nitrogens with zero attached hydrogens (tertiary/aromatic N) is 4. The molecule has 0 bridgehead atoms. The van der Waals surface area contributed by atoms with Crippen LogP contribution < -0.4 is 0 Å². The van der Waals surface area contributed by atoms with Crippen LogP contribution in [0.3, 0.4) is 0 Å². The van der Waals surface area contributed by atoms with Gasteiger partial charge in [-0.2, -0.15) is 5.10 Å². The predicted molar refractivity (Wildman–Crippen MR) is 85.3 cm³/mol. The Hall–Kier alpha value is -2.89. The monoisotopic (exact) mass is 310 g/mol. The largest absolute Gasteiger partial charge is 0.361 e. The SMILES string of the molecule is Cc1noc(C)c1C(=O)N(C)Cc1cccc(-n2cccn2)c1. The van der Waals surface area contributed by atoms with Gasteiger partial charge in [-0.15, -0.1) is 0 Å². The first-order valence-electron chi connectivity index (χ1n) is 7.33. The zero-order valence-corrected chi connectivity index (χ0v) is 13.4. The van der Waals surface area contributed by atoms with Crippen molar-refractivity contribution in [3.8, 4) is 5.69 Å². The van der Waals surface area contributed by atoms with Crippen LogP contribution in [0.4, 0.5) is 0 Å². The van der Waals surface area contributed by atoms with E-state index in [9.17, 15) is 4.79 Å². The van der Waals surface area contributed by atoms with Crippen LogP contribution in [0.5, 0.6) is 0 Å². The number of rotatable bonds is 4. The highest BCUT2D eigenvalue weighted by Crippen LogP contribution is 2.17. The molecule has 6 heteroatoms. The Morgan fingerprint density at radius 3 is 2.78 bits per heavy atom. The summed E-state index contributed by atoms with van der Waals surface area (Å²) in [5, 5.41) is 8.06. The molecule has 1 amide bonds. The van der Waals surface area contributed by atoms with E-state index in [4.69, 9.17) is 4.52 Å². The van der Waals surface area contributed by atoms with Crippen molar-refractivity contribution in [3.05, 3.63) is 65.3 Å². The zero-order valence-electron chi connectivity index (χ0n) is 13.4. The van der Waals surface area contributed by atoms with Crippen molar-refractivity contribution in [3.63, 3.8) is 0 Å². The van der Waals surface area contributed by atoms with E-state index < -0.39 is 0 Å². The smallest absolute Gasteiger partial charge is 0.259 e. The maximum Gasteiger partial charge on any atom is 0.259 e. The summed E-state index contributed by atoms with van der Waals surface area (Å²) >= 11 is 0. The highest BCUT2D eigenvalue weighted by atomic mass is 16.5. The number of benzene rings is 1. The lowest BCUT2D eigenvalue weighted by Crippen LogP contribution is -2.27. The minimum absolute atomic E-state index is 0.0919. The van der Waals surface area contributed by atoms with E-state index in [-0.39, 0.29) is 5.91 Å². The molecule has 3 rings (SSSR count). The summed E-state index contributed by atoms with van der Waals surface area (Å²) in [4.78, 5) is 14.2. The van der Waals surface area contributed by atoms with Crippen LogP contribution in [-0.4, -0.2) is 32.8 Å². The second-order valence-electron chi connectivity index (χ2n) is 5.48. The molecule has 23 heavy (non-hydrogen) atoms. The van der Waals surface area contributed by atoms with Crippen LogP contribution >= 0.6 is 0 Å². The second-order valence-corrected chi connectivity index (χ2v) is 5.48. The second kappa shape index (κ2) is 6.08. The molecule has 0 N–H and O–H groups in total. The molecule has 0 spiro atoms. The van der Waals surface area contributed by atoms with Crippen molar-refractivity contribution in [1.82, 2.24) is 19.8 Å². The van der Waals surface area contributed by atoms with Gasteiger partial charge in [0.25, 0.3) is 5.91 Å². The molecule has 2 heterocycles. The third kappa shape index (κ3) is 3.01. The van der Waals surface area contributed by atoms with Gasteiger partial charge in [0.2, 0.25) is 0 Å². The number of hydrogen-bond donors (Lipinski definition) is 0. The Kier molecular flexibility index (Phi) is 3.97. The number of carbonyl (C=O) groups is 1. The Balaban J connectivity index is 1.79. The molecule has 0 aliphatic rings. The van der Waals surface area contributed by atoms with Gasteiger partial charge in [-0.05, 0) is 37.6 Å². The average Bonchev–Trinajstić information content (AvgIpc) is 3.17. The first-order valence-corrected chi connectivity index (χ1v) is 7.33. The number of aromatic nitrogens is 3. The van der Waals surface area contributed by atoms with Crippen molar-refractivity contribution in [1.29, 1.82) is 0 Å². The van der Waals surface area contributed by atoms with Gasteiger partial charge in [0.1, 0.15) is 11.3 Å². The average molecular weight is 310 g/mol. The van der Waals surface area contributed by atoms with Crippen molar-refractivity contribution in [2.75, 3.05) is 7.05 Å². The van der Waals surface area contributed by atoms with Crippen molar-refractivity contribution >= 4 is 5.91 Å². The predicted octanol–water partition coefficient (Wildman–Crippen LogP) is 2.75. The number of amides is 1. The van der Waals surface area contributed by atoms with E-state index in [1.807, 2.05) is 36.5 Å². The molecule has 2 aromatic heterocycles. The van der Waals surface area contributed by atoms with Gasteiger partial charge < -0.3 is 9.42 Å². The lowest BCUT2D eigenvalue weighted by atomic mass is 10.1. The third-order valence-electron chi connectivity index (χ3n) is 3.69. The molecule has 1 aromatic carbocycles. The molecule has 3 aromatic rings. The van der Waals surface area contributed by atoms with Crippen LogP contribution in [-0.2, 0) is 6.54 Å². The zero-order chi connectivity index (χ0) is 16.4. The number of carbonyl (C=O) groups excluding carboxylic acids is 1. The molecule has 0 saturated heterocycles. The van der Waals surface area contributed by atoms with E-state index in [1.54, 1.807) is 36.7 Å². The summed E-state index contributed by atoms with van der Waals surface area (Å²) in [6.45, 7) is 4.02. The number of aryl methyl sites for hydroxylation is 2. The highest BCUT2D eigenvalue weighted by molar-refractivity contribution is 5.95. The molecule has 0 atom stereocenters. The van der Waals surface area contributed by atoms with Crippen LogP contribution in [0, 0.1) is 13.8 Å².